The molecule has 0 unspecified atom stereocenters. The second-order valence-corrected chi connectivity index (χ2v) is 9.79. The molecule has 0 saturated carbocycles. The van der Waals surface area contributed by atoms with Gasteiger partial charge in [0.25, 0.3) is 5.91 Å². The number of nitrogens with zero attached hydrogens (tertiary/aromatic N) is 1. The number of sulfonamides is 1. The number of benzene rings is 3. The molecule has 3 rings (SSSR count). The number of thioether (sulfide) groups is 1. The SMILES string of the molecule is CSc1ccccc1NC(=O)c1ccc(N(Cc2ccc(Cl)cc2)S(C)(=O)=O)cc1. The van der Waals surface area contributed by atoms with Gasteiger partial charge < -0.3 is 5.32 Å². The Bertz CT molecular complexity index is 1130. The number of hydrogen-bond acceptors (Lipinski definition) is 4. The van der Waals surface area contributed by atoms with E-state index in [4.69, 9.17) is 11.6 Å². The second-order valence-electron chi connectivity index (χ2n) is 6.60. The smallest absolute Gasteiger partial charge is 0.255 e. The second kappa shape index (κ2) is 9.55. The highest BCUT2D eigenvalue weighted by Crippen LogP contribution is 2.26. The molecule has 0 saturated heterocycles. The summed E-state index contributed by atoms with van der Waals surface area (Å²) in [5.74, 6) is -0.258. The number of rotatable bonds is 7. The van der Waals surface area contributed by atoms with Crippen LogP contribution in [0.25, 0.3) is 0 Å². The molecular weight excluding hydrogens is 440 g/mol. The number of halogens is 1. The maximum Gasteiger partial charge on any atom is 0.255 e. The molecule has 0 bridgehead atoms. The number of carbonyl (C=O) groups excluding carboxylic acids is 1. The Morgan fingerprint density at radius 2 is 1.63 bits per heavy atom. The van der Waals surface area contributed by atoms with E-state index in [9.17, 15) is 13.2 Å². The summed E-state index contributed by atoms with van der Waals surface area (Å²) in [6.45, 7) is 0.169. The lowest BCUT2D eigenvalue weighted by Crippen LogP contribution is -2.29. The molecule has 0 aliphatic rings. The molecule has 8 heteroatoms. The minimum Gasteiger partial charge on any atom is -0.321 e. The summed E-state index contributed by atoms with van der Waals surface area (Å²) in [5, 5.41) is 3.48. The zero-order valence-corrected chi connectivity index (χ0v) is 18.9. The molecule has 0 fully saturated rings. The summed E-state index contributed by atoms with van der Waals surface area (Å²) in [6.07, 6.45) is 3.10. The molecular formula is C22H21ClN2O3S2. The fraction of sp³-hybridized carbons (Fsp3) is 0.136. The first-order chi connectivity index (χ1) is 14.3. The highest BCUT2D eigenvalue weighted by molar-refractivity contribution is 7.98. The first-order valence-electron chi connectivity index (χ1n) is 9.04. The van der Waals surface area contributed by atoms with Gasteiger partial charge in [0.05, 0.1) is 24.2 Å². The van der Waals surface area contributed by atoms with Gasteiger partial charge in [-0.15, -0.1) is 11.8 Å². The van der Waals surface area contributed by atoms with Crippen molar-refractivity contribution in [2.24, 2.45) is 0 Å². The van der Waals surface area contributed by atoms with Crippen molar-refractivity contribution in [2.45, 2.75) is 11.4 Å². The molecule has 0 aliphatic heterocycles. The molecule has 0 atom stereocenters. The van der Waals surface area contributed by atoms with Crippen LogP contribution in [-0.4, -0.2) is 26.8 Å². The van der Waals surface area contributed by atoms with Crippen LogP contribution in [0.3, 0.4) is 0 Å². The molecule has 0 radical (unpaired) electrons. The van der Waals surface area contributed by atoms with E-state index in [1.54, 1.807) is 60.3 Å². The van der Waals surface area contributed by atoms with Gasteiger partial charge in [-0.25, -0.2) is 8.42 Å². The van der Waals surface area contributed by atoms with Crippen LogP contribution in [0.5, 0.6) is 0 Å². The van der Waals surface area contributed by atoms with Gasteiger partial charge in [0.1, 0.15) is 0 Å². The zero-order chi connectivity index (χ0) is 21.7. The van der Waals surface area contributed by atoms with Gasteiger partial charge in [0.15, 0.2) is 0 Å². The van der Waals surface area contributed by atoms with E-state index in [0.29, 0.717) is 16.3 Å². The van der Waals surface area contributed by atoms with Gasteiger partial charge in [-0.1, -0.05) is 35.9 Å². The summed E-state index contributed by atoms with van der Waals surface area (Å²) < 4.78 is 26.0. The quantitative estimate of drug-likeness (QED) is 0.487. The molecule has 30 heavy (non-hydrogen) atoms. The first-order valence-corrected chi connectivity index (χ1v) is 12.5. The predicted molar refractivity (Wildman–Crippen MR) is 125 cm³/mol. The molecule has 156 valence electrons. The zero-order valence-electron chi connectivity index (χ0n) is 16.5. The van der Waals surface area contributed by atoms with Crippen LogP contribution < -0.4 is 9.62 Å². The van der Waals surface area contributed by atoms with Crippen molar-refractivity contribution in [3.05, 3.63) is 88.9 Å². The topological polar surface area (TPSA) is 66.5 Å². The van der Waals surface area contributed by atoms with Crippen LogP contribution in [0.1, 0.15) is 15.9 Å². The summed E-state index contributed by atoms with van der Waals surface area (Å²) in [5.41, 5.74) is 2.46. The molecule has 3 aromatic carbocycles. The Labute approximate surface area is 186 Å². The van der Waals surface area contributed by atoms with Crippen LogP contribution in [0.15, 0.2) is 77.7 Å². The van der Waals surface area contributed by atoms with E-state index in [1.807, 2.05) is 30.5 Å². The Hall–Kier alpha value is -2.48. The molecule has 0 aliphatic carbocycles. The van der Waals surface area contributed by atoms with Gasteiger partial charge in [-0.2, -0.15) is 0 Å². The maximum absolute atomic E-state index is 12.6. The summed E-state index contributed by atoms with van der Waals surface area (Å²) in [7, 11) is -3.52. The monoisotopic (exact) mass is 460 g/mol. The van der Waals surface area contributed by atoms with Crippen molar-refractivity contribution in [3.8, 4) is 0 Å². The van der Waals surface area contributed by atoms with E-state index in [-0.39, 0.29) is 12.5 Å². The van der Waals surface area contributed by atoms with Gasteiger partial charge in [-0.3, -0.25) is 9.10 Å². The normalized spacial score (nSPS) is 11.2. The van der Waals surface area contributed by atoms with E-state index in [1.165, 1.54) is 4.31 Å². The van der Waals surface area contributed by atoms with Gasteiger partial charge in [0.2, 0.25) is 10.0 Å². The number of para-hydroxylation sites is 1. The van der Waals surface area contributed by atoms with E-state index in [0.717, 1.165) is 22.4 Å². The fourth-order valence-corrected chi connectivity index (χ4v) is 4.44. The Balaban J connectivity index is 1.81. The molecule has 3 aromatic rings. The maximum atomic E-state index is 12.6. The Morgan fingerprint density at radius 3 is 2.23 bits per heavy atom. The molecule has 1 amide bonds. The van der Waals surface area contributed by atoms with E-state index < -0.39 is 10.0 Å². The third kappa shape index (κ3) is 5.56. The highest BCUT2D eigenvalue weighted by atomic mass is 35.5. The minimum absolute atomic E-state index is 0.169. The van der Waals surface area contributed by atoms with Gasteiger partial charge >= 0.3 is 0 Å². The van der Waals surface area contributed by atoms with Crippen LogP contribution >= 0.6 is 23.4 Å². The summed E-state index contributed by atoms with van der Waals surface area (Å²) in [6, 6.07) is 21.1. The minimum atomic E-state index is -3.52. The van der Waals surface area contributed by atoms with Crippen LogP contribution in [0.2, 0.25) is 5.02 Å². The third-order valence-electron chi connectivity index (χ3n) is 4.41. The Morgan fingerprint density at radius 1 is 1.00 bits per heavy atom. The van der Waals surface area contributed by atoms with E-state index >= 15 is 0 Å². The molecule has 0 spiro atoms. The standard InChI is InChI=1S/C22H21ClN2O3S2/c1-29-21-6-4-3-5-20(21)24-22(26)17-9-13-19(14-10-17)25(30(2,27)28)15-16-7-11-18(23)12-8-16/h3-14H,15H2,1-2H3,(H,24,26). The predicted octanol–water partition coefficient (Wildman–Crippen LogP) is 5.28. The molecule has 5 nitrogen and oxygen atoms in total. The van der Waals surface area contributed by atoms with Gasteiger partial charge in [-0.05, 0) is 60.4 Å². The van der Waals surface area contributed by atoms with Crippen molar-refractivity contribution in [3.63, 3.8) is 0 Å². The van der Waals surface area contributed by atoms with Gasteiger partial charge in [0, 0.05) is 15.5 Å². The number of carbonyl (C=O) groups is 1. The third-order valence-corrected chi connectivity index (χ3v) is 6.60. The van der Waals surface area contributed by atoms with Crippen molar-refractivity contribution in [1.82, 2.24) is 0 Å². The van der Waals surface area contributed by atoms with Crippen molar-refractivity contribution >= 4 is 50.7 Å². The highest BCUT2D eigenvalue weighted by Gasteiger charge is 2.18. The van der Waals surface area contributed by atoms with Crippen molar-refractivity contribution < 1.29 is 13.2 Å². The van der Waals surface area contributed by atoms with Crippen molar-refractivity contribution in [2.75, 3.05) is 22.1 Å². The number of hydrogen-bond donors (Lipinski definition) is 1. The van der Waals surface area contributed by atoms with Crippen molar-refractivity contribution in [1.29, 1.82) is 0 Å². The molecule has 0 heterocycles. The number of anilines is 2. The fourth-order valence-electron chi connectivity index (χ4n) is 2.88. The van der Waals surface area contributed by atoms with Crippen LogP contribution in [-0.2, 0) is 16.6 Å². The average Bonchev–Trinajstić information content (AvgIpc) is 2.73. The van der Waals surface area contributed by atoms with Crippen LogP contribution in [0, 0.1) is 0 Å². The van der Waals surface area contributed by atoms with Crippen LogP contribution in [0.4, 0.5) is 11.4 Å². The summed E-state index contributed by atoms with van der Waals surface area (Å²) >= 11 is 7.46. The Kier molecular flexibility index (Phi) is 7.07. The average molecular weight is 461 g/mol. The first kappa shape index (κ1) is 22.2. The molecule has 0 aromatic heterocycles. The lowest BCUT2D eigenvalue weighted by atomic mass is 10.1. The number of nitrogens with one attached hydrogen (secondary N) is 1. The lowest BCUT2D eigenvalue weighted by Gasteiger charge is -2.23. The number of amides is 1. The molecule has 1 N–H and O–H groups in total. The van der Waals surface area contributed by atoms with E-state index in [2.05, 4.69) is 5.32 Å². The lowest BCUT2D eigenvalue weighted by molar-refractivity contribution is 0.102. The largest absolute Gasteiger partial charge is 0.321 e. The summed E-state index contributed by atoms with van der Waals surface area (Å²) in [4.78, 5) is 13.6.